The van der Waals surface area contributed by atoms with Gasteiger partial charge in [0.2, 0.25) is 6.29 Å². The topological polar surface area (TPSA) is 534 Å². The van der Waals surface area contributed by atoms with Crippen molar-refractivity contribution in [3.63, 3.8) is 0 Å². The van der Waals surface area contributed by atoms with E-state index in [0.717, 1.165) is 14.0 Å². The van der Waals surface area contributed by atoms with Crippen LogP contribution in [0.1, 0.15) is 27.7 Å². The predicted octanol–water partition coefficient (Wildman–Crippen LogP) is -19.9. The van der Waals surface area contributed by atoms with Gasteiger partial charge in [0, 0.05) is 46.2 Å². The number of rotatable bonds is 18. The van der Waals surface area contributed by atoms with Crippen molar-refractivity contribution in [1.29, 1.82) is 0 Å². The van der Waals surface area contributed by atoms with Gasteiger partial charge in [0.25, 0.3) is 6.29 Å². The molecule has 2 aliphatic heterocycles. The molecule has 0 aromatic rings. The molecule has 16 atom stereocenters. The maximum Gasteiger partial charge on any atom is 1.00 e. The molecular formula is C32H54ClINa2O31. The number of aldehydes is 2. The van der Waals surface area contributed by atoms with Crippen LogP contribution in [0.2, 0.25) is 0 Å². The Kier molecular flexibility index (Phi) is 48.0. The summed E-state index contributed by atoms with van der Waals surface area (Å²) in [4.78, 5) is 73.7. The van der Waals surface area contributed by atoms with Crippen molar-refractivity contribution in [2.45, 2.75) is 102 Å². The van der Waals surface area contributed by atoms with Gasteiger partial charge in [0.1, 0.15) is 38.6 Å². The number of hydrogen-bond donors (Lipinski definition) is 10. The molecule has 0 saturated carbocycles. The van der Waals surface area contributed by atoms with Crippen molar-refractivity contribution in [2.24, 2.45) is 23.7 Å². The van der Waals surface area contributed by atoms with Crippen LogP contribution in [0.25, 0.3) is 0 Å². The van der Waals surface area contributed by atoms with Gasteiger partial charge in [0.05, 0.1) is 42.2 Å². The molecule has 0 aromatic carbocycles. The molecule has 0 amide bonds. The van der Waals surface area contributed by atoms with Crippen LogP contribution in [0.4, 0.5) is 0 Å². The first-order chi connectivity index (χ1) is 29.9. The smallest absolute Gasteiger partial charge is 0.544 e. The van der Waals surface area contributed by atoms with Crippen LogP contribution in [0, 0.1) is 35.0 Å². The Morgan fingerprint density at radius 3 is 1.34 bits per heavy atom. The average Bonchev–Trinajstić information content (AvgIpc) is 3.22. The molecule has 2 aliphatic rings. The van der Waals surface area contributed by atoms with E-state index in [9.17, 15) is 54.0 Å². The monoisotopic (exact) mass is 1140 g/mol. The van der Waals surface area contributed by atoms with Gasteiger partial charge in [-0.3, -0.25) is 23.3 Å². The minimum atomic E-state index is -5.94. The molecule has 31 nitrogen and oxygen atoms in total. The Morgan fingerprint density at radius 2 is 1.06 bits per heavy atom. The Balaban J connectivity index is -0.000000174. The molecule has 10 N–H and O–H groups in total. The van der Waals surface area contributed by atoms with Crippen LogP contribution < -0.4 is 102 Å². The van der Waals surface area contributed by atoms with E-state index in [1.54, 1.807) is 6.92 Å². The molecule has 384 valence electrons. The summed E-state index contributed by atoms with van der Waals surface area (Å²) < 4.78 is 88.8. The zero-order valence-corrected chi connectivity index (χ0v) is 44.3. The second-order valence-electron chi connectivity index (χ2n) is 12.6. The van der Waals surface area contributed by atoms with Crippen LogP contribution in [-0.2, 0) is 71.5 Å². The van der Waals surface area contributed by atoms with E-state index in [-0.39, 0.29) is 71.6 Å². The minimum Gasteiger partial charge on any atom is -0.544 e. The number of halogens is 2. The summed E-state index contributed by atoms with van der Waals surface area (Å²) in [5.74, 6) is -10.2. The number of aliphatic carboxylic acids is 5. The van der Waals surface area contributed by atoms with Gasteiger partial charge in [-0.25, -0.2) is 19.2 Å². The van der Waals surface area contributed by atoms with E-state index in [0.29, 0.717) is 12.6 Å². The number of carbonyl (C=O) groups is 7. The molecule has 2 heterocycles. The molecule has 35 heteroatoms. The van der Waals surface area contributed by atoms with E-state index in [1.807, 2.05) is 0 Å². The molecule has 0 spiro atoms. The van der Waals surface area contributed by atoms with Crippen LogP contribution in [0.5, 0.6) is 0 Å². The van der Waals surface area contributed by atoms with Crippen molar-refractivity contribution in [3.05, 3.63) is 0 Å². The number of ether oxygens (including phenoxy) is 8. The molecule has 0 bridgehead atoms. The van der Waals surface area contributed by atoms with E-state index in [2.05, 4.69) is 14.2 Å². The molecule has 2 fully saturated rings. The zero-order valence-electron chi connectivity index (χ0n) is 37.4. The second kappa shape index (κ2) is 41.6. The van der Waals surface area contributed by atoms with Gasteiger partial charge in [-0.05, 0) is 6.92 Å². The van der Waals surface area contributed by atoms with Gasteiger partial charge in [-0.2, -0.15) is 0 Å². The molecular weight excluding hydrogens is 1090 g/mol. The summed E-state index contributed by atoms with van der Waals surface area (Å²) >= 11 is -6.36. The van der Waals surface area contributed by atoms with E-state index in [1.165, 1.54) is 35.2 Å². The molecule has 0 aromatic heterocycles. The molecule has 10 unspecified atom stereocenters. The predicted molar refractivity (Wildman–Crippen MR) is 181 cm³/mol. The molecule has 2 rings (SSSR count). The number of carbonyl (C=O) groups excluding carboxylic acids is 2. The van der Waals surface area contributed by atoms with Crippen molar-refractivity contribution in [1.82, 2.24) is 0 Å². The zero-order chi connectivity index (χ0) is 52.1. The maximum atomic E-state index is 10.7. The first-order valence-corrected chi connectivity index (χ1v) is 21.6. The van der Waals surface area contributed by atoms with Gasteiger partial charge in [-0.15, -0.1) is 0 Å². The Morgan fingerprint density at radius 1 is 0.657 bits per heavy atom. The van der Waals surface area contributed by atoms with Gasteiger partial charge in [-0.1, -0.05) is 20.8 Å². The van der Waals surface area contributed by atoms with Gasteiger partial charge >= 0.3 is 89.0 Å². The third kappa shape index (κ3) is 32.5. The minimum absolute atomic E-state index is 0. The van der Waals surface area contributed by atoms with E-state index >= 15 is 0 Å². The number of aliphatic hydroxyl groups is 5. The summed E-state index contributed by atoms with van der Waals surface area (Å²) in [6.45, 7) is 5.49. The van der Waals surface area contributed by atoms with Gasteiger partial charge in [0.15, 0.2) is 37.2 Å². The van der Waals surface area contributed by atoms with Crippen LogP contribution >= 0.6 is 0 Å². The van der Waals surface area contributed by atoms with E-state index in [4.69, 9.17) is 77.4 Å². The summed E-state index contributed by atoms with van der Waals surface area (Å²) in [7, 11) is 4.85. The first-order valence-electron chi connectivity index (χ1n) is 17.5. The molecule has 67 heavy (non-hydrogen) atoms. The molecule has 2 saturated heterocycles. The quantitative estimate of drug-likeness (QED) is 0.0264. The first kappa shape index (κ1) is 77.4. The number of hydrogen-bond acceptors (Lipinski definition) is 26. The fourth-order valence-electron chi connectivity index (χ4n) is 4.58. The van der Waals surface area contributed by atoms with Crippen LogP contribution in [0.3, 0.4) is 0 Å². The van der Waals surface area contributed by atoms with Crippen molar-refractivity contribution < 1.29 is 236 Å². The average molecular weight is 1140 g/mol. The van der Waals surface area contributed by atoms with Crippen LogP contribution in [-0.4, -0.2) is 203 Å². The number of aliphatic hydroxyl groups excluding tert-OH is 5. The van der Waals surface area contributed by atoms with Crippen LogP contribution in [0.15, 0.2) is 0 Å². The van der Waals surface area contributed by atoms with Crippen molar-refractivity contribution in [2.75, 3.05) is 35.0 Å². The maximum absolute atomic E-state index is 10.7. The Labute approximate surface area is 435 Å². The van der Waals surface area contributed by atoms with Crippen molar-refractivity contribution >= 4 is 42.4 Å². The number of methoxy groups -OCH3 is 4. The fraction of sp³-hybridized carbons (Fsp3) is 0.781. The van der Waals surface area contributed by atoms with Gasteiger partial charge < -0.3 is 103 Å². The normalized spacial score (nSPS) is 26.6. The second-order valence-corrected chi connectivity index (χ2v) is 14.9. The van der Waals surface area contributed by atoms with E-state index < -0.39 is 153 Å². The standard InChI is InChI=1S/C8H12O8.C8H14O6.C8H12O6.C8H16O5.ClO2.IO4.2Na/c1-3(5(9)10)4(6(11)12)16-8(15-2)7(13)14;1-3-4(9)5(10)8(13-2)14-6(3)7(11)12;1-5(3-9)7(8(11)12)14-6(4-10)13-2;1-4-5(3-9)13-8(12-2)7(11)6(4)10;2-1-3;2-1(3,4)5;;/h3-4,8H,1-2H3,(H,9,10)(H,11,12)(H,13,14);3-6,8-10H,1-2H3,(H,11,12);3-7H,1-2H3,(H,11,12);4-11H,3H2,1-2H3;;;;/q;;;;2*-1;2*+1/t;3-,4-,5?,6?,8+;;4-,5?,6+,7?,8-;;;;/m.0.1..../s1. The molecule has 0 aliphatic carbocycles. The fourth-order valence-corrected chi connectivity index (χ4v) is 4.58. The Hall–Kier alpha value is -1.05. The summed E-state index contributed by atoms with van der Waals surface area (Å²) in [6, 6.07) is 0. The molecule has 0 radical (unpaired) electrons. The Bertz CT molecular complexity index is 1360. The summed E-state index contributed by atoms with van der Waals surface area (Å²) in [6.07, 6.45) is -13.4. The SMILES string of the molecule is COC(C=O)OC(C(=O)O)C(C)C=O.COC(OC(C(=O)O)C(C)C(=O)O)C(=O)O.CO[C@@H]1OC(C(=O)O)[C@@H](C)[C@H](O)C1O.CO[C@@H]1OC(CO)[C@@H](C)[C@H](O)C1O.[Na+].[Na+].[O-][Cl+][O-].[O-][I+3]([O-])([O-])[O-]. The third-order valence-corrected chi connectivity index (χ3v) is 8.21. The summed E-state index contributed by atoms with van der Waals surface area (Å²) in [5, 5.41) is 90.0. The number of carboxylic acid groups (broad SMARTS) is 5. The third-order valence-electron chi connectivity index (χ3n) is 8.21. The van der Waals surface area contributed by atoms with Crippen molar-refractivity contribution in [3.8, 4) is 0 Å². The number of carboxylic acids is 5. The largest absolute Gasteiger partial charge is 1.00 e. The summed E-state index contributed by atoms with van der Waals surface area (Å²) in [5.41, 5.74) is 0.